The van der Waals surface area contributed by atoms with E-state index in [1.165, 1.54) is 0 Å². The third kappa shape index (κ3) is 2.78. The fourth-order valence-electron chi connectivity index (χ4n) is 2.01. The first-order valence-corrected chi connectivity index (χ1v) is 6.54. The lowest BCUT2D eigenvalue weighted by Gasteiger charge is -2.08. The molecule has 0 aliphatic carbocycles. The standard InChI is InChI=1S/C13H12F2N6O/c14-9(15)1-2-17-13(22)12-11-8(6-18-20-11)5-10(19-12)21-4-3-16-7-21/h3-7,9H,1-2H2,(H,17,22)(H,18,20). The molecule has 0 aromatic carbocycles. The topological polar surface area (TPSA) is 88.5 Å². The van der Waals surface area contributed by atoms with Gasteiger partial charge in [-0.15, -0.1) is 0 Å². The number of fused-ring (bicyclic) bond motifs is 1. The Hall–Kier alpha value is -2.84. The van der Waals surface area contributed by atoms with Crippen molar-refractivity contribution >= 4 is 16.8 Å². The van der Waals surface area contributed by atoms with E-state index in [0.717, 1.165) is 0 Å². The van der Waals surface area contributed by atoms with Gasteiger partial charge in [0.05, 0.1) is 11.7 Å². The fraction of sp³-hybridized carbons (Fsp3) is 0.231. The Morgan fingerprint density at radius 1 is 1.45 bits per heavy atom. The molecular formula is C13H12F2N6O. The summed E-state index contributed by atoms with van der Waals surface area (Å²) < 4.78 is 25.9. The van der Waals surface area contributed by atoms with Gasteiger partial charge in [0.15, 0.2) is 5.69 Å². The summed E-state index contributed by atoms with van der Waals surface area (Å²) >= 11 is 0. The Kier molecular flexibility index (Phi) is 3.77. The van der Waals surface area contributed by atoms with Gasteiger partial charge in [-0.1, -0.05) is 0 Å². The number of pyridine rings is 1. The number of carbonyl (C=O) groups excluding carboxylic acids is 1. The quantitative estimate of drug-likeness (QED) is 0.748. The van der Waals surface area contributed by atoms with Crippen LogP contribution in [0.1, 0.15) is 16.9 Å². The van der Waals surface area contributed by atoms with E-state index in [2.05, 4.69) is 25.5 Å². The van der Waals surface area contributed by atoms with Crippen LogP contribution in [0.3, 0.4) is 0 Å². The minimum atomic E-state index is -2.46. The summed E-state index contributed by atoms with van der Waals surface area (Å²) in [5, 5.41) is 9.70. The van der Waals surface area contributed by atoms with Crippen molar-refractivity contribution in [2.45, 2.75) is 12.8 Å². The van der Waals surface area contributed by atoms with Crippen LogP contribution in [0.5, 0.6) is 0 Å². The van der Waals surface area contributed by atoms with Crippen molar-refractivity contribution in [1.29, 1.82) is 0 Å². The summed E-state index contributed by atoms with van der Waals surface area (Å²) in [6.45, 7) is -0.122. The molecule has 3 heterocycles. The normalized spacial score (nSPS) is 11.2. The molecule has 1 amide bonds. The second kappa shape index (κ2) is 5.88. The van der Waals surface area contributed by atoms with Crippen molar-refractivity contribution in [1.82, 2.24) is 30.0 Å². The van der Waals surface area contributed by atoms with Crippen molar-refractivity contribution in [2.24, 2.45) is 0 Å². The molecule has 0 bridgehead atoms. The minimum Gasteiger partial charge on any atom is -0.350 e. The molecule has 0 atom stereocenters. The number of halogens is 2. The van der Waals surface area contributed by atoms with Crippen LogP contribution in [-0.4, -0.2) is 43.6 Å². The molecule has 7 nitrogen and oxygen atoms in total. The van der Waals surface area contributed by atoms with Crippen LogP contribution < -0.4 is 5.32 Å². The SMILES string of the molecule is O=C(NCCC(F)F)c1nc(-n2ccnc2)cc2cn[nH]c12. The summed E-state index contributed by atoms with van der Waals surface area (Å²) in [6.07, 6.45) is 3.52. The number of hydrogen-bond donors (Lipinski definition) is 2. The van der Waals surface area contributed by atoms with Gasteiger partial charge in [-0.3, -0.25) is 14.5 Å². The average molecular weight is 306 g/mol. The van der Waals surface area contributed by atoms with Crippen LogP contribution in [0.25, 0.3) is 16.7 Å². The summed E-state index contributed by atoms with van der Waals surface area (Å²) in [5.74, 6) is -0.0396. The maximum Gasteiger partial charge on any atom is 0.272 e. The van der Waals surface area contributed by atoms with Gasteiger partial charge >= 0.3 is 0 Å². The number of amides is 1. The number of aromatic nitrogens is 5. The molecule has 3 aromatic heterocycles. The number of rotatable bonds is 5. The second-order valence-corrected chi connectivity index (χ2v) is 4.57. The van der Waals surface area contributed by atoms with Crippen molar-refractivity contribution in [3.8, 4) is 5.82 Å². The first-order valence-electron chi connectivity index (χ1n) is 6.54. The van der Waals surface area contributed by atoms with Crippen molar-refractivity contribution < 1.29 is 13.6 Å². The molecule has 0 aliphatic heterocycles. The minimum absolute atomic E-state index is 0.105. The van der Waals surface area contributed by atoms with Gasteiger partial charge in [-0.25, -0.2) is 18.7 Å². The van der Waals surface area contributed by atoms with E-state index >= 15 is 0 Å². The first-order chi connectivity index (χ1) is 10.6. The molecule has 2 N–H and O–H groups in total. The van der Waals surface area contributed by atoms with Gasteiger partial charge in [0.2, 0.25) is 6.43 Å². The summed E-state index contributed by atoms with van der Waals surface area (Å²) in [7, 11) is 0. The highest BCUT2D eigenvalue weighted by Gasteiger charge is 2.16. The lowest BCUT2D eigenvalue weighted by atomic mass is 10.2. The van der Waals surface area contributed by atoms with E-state index in [0.29, 0.717) is 16.7 Å². The highest BCUT2D eigenvalue weighted by atomic mass is 19.3. The third-order valence-corrected chi connectivity index (χ3v) is 3.05. The predicted octanol–water partition coefficient (Wildman–Crippen LogP) is 1.53. The van der Waals surface area contributed by atoms with Gasteiger partial charge in [0, 0.05) is 30.7 Å². The van der Waals surface area contributed by atoms with Crippen molar-refractivity contribution in [3.63, 3.8) is 0 Å². The van der Waals surface area contributed by atoms with Gasteiger partial charge in [0.1, 0.15) is 12.1 Å². The highest BCUT2D eigenvalue weighted by molar-refractivity contribution is 6.04. The Morgan fingerprint density at radius 2 is 2.32 bits per heavy atom. The van der Waals surface area contributed by atoms with Crippen LogP contribution in [0.15, 0.2) is 31.0 Å². The third-order valence-electron chi connectivity index (χ3n) is 3.05. The number of nitrogens with zero attached hydrogens (tertiary/aromatic N) is 4. The fourth-order valence-corrected chi connectivity index (χ4v) is 2.01. The van der Waals surface area contributed by atoms with E-state index in [9.17, 15) is 13.6 Å². The lowest BCUT2D eigenvalue weighted by molar-refractivity contribution is 0.0930. The number of aromatic amines is 1. The predicted molar refractivity (Wildman–Crippen MR) is 74.0 cm³/mol. The first kappa shape index (κ1) is 14.1. The zero-order valence-corrected chi connectivity index (χ0v) is 11.3. The molecule has 22 heavy (non-hydrogen) atoms. The summed E-state index contributed by atoms with van der Waals surface area (Å²) in [6, 6.07) is 1.75. The monoisotopic (exact) mass is 306 g/mol. The van der Waals surface area contributed by atoms with Crippen molar-refractivity contribution in [3.05, 3.63) is 36.7 Å². The zero-order valence-electron chi connectivity index (χ0n) is 11.3. The number of nitrogens with one attached hydrogen (secondary N) is 2. The maximum atomic E-state index is 12.2. The average Bonchev–Trinajstić information content (AvgIpc) is 3.16. The van der Waals surface area contributed by atoms with Crippen molar-refractivity contribution in [2.75, 3.05) is 6.54 Å². The van der Waals surface area contributed by atoms with Gasteiger partial charge < -0.3 is 5.32 Å². The second-order valence-electron chi connectivity index (χ2n) is 4.57. The zero-order chi connectivity index (χ0) is 15.5. The highest BCUT2D eigenvalue weighted by Crippen LogP contribution is 2.18. The van der Waals surface area contributed by atoms with E-state index in [4.69, 9.17) is 0 Å². The van der Waals surface area contributed by atoms with Crippen LogP contribution in [0.4, 0.5) is 8.78 Å². The smallest absolute Gasteiger partial charge is 0.272 e. The molecule has 9 heteroatoms. The molecular weight excluding hydrogens is 294 g/mol. The van der Waals surface area contributed by atoms with E-state index in [-0.39, 0.29) is 12.2 Å². The van der Waals surface area contributed by atoms with Crippen LogP contribution in [0.2, 0.25) is 0 Å². The molecule has 0 saturated heterocycles. The molecule has 0 fully saturated rings. The number of hydrogen-bond acceptors (Lipinski definition) is 4. The largest absolute Gasteiger partial charge is 0.350 e. The Morgan fingerprint density at radius 3 is 3.05 bits per heavy atom. The van der Waals surface area contributed by atoms with Crippen LogP contribution in [0, 0.1) is 0 Å². The van der Waals surface area contributed by atoms with E-state index in [1.807, 2.05) is 0 Å². The molecule has 3 rings (SSSR count). The number of imidazole rings is 1. The summed E-state index contributed by atoms with van der Waals surface area (Å²) in [4.78, 5) is 20.4. The van der Waals surface area contributed by atoms with E-state index < -0.39 is 18.8 Å². The molecule has 0 spiro atoms. The van der Waals surface area contributed by atoms with E-state index in [1.54, 1.807) is 35.6 Å². The van der Waals surface area contributed by atoms with Gasteiger partial charge in [-0.2, -0.15) is 5.10 Å². The molecule has 0 saturated carbocycles. The number of H-pyrrole nitrogens is 1. The Bertz CT molecular complexity index is 783. The molecule has 0 radical (unpaired) electrons. The Labute approximate surface area is 123 Å². The maximum absolute atomic E-state index is 12.2. The number of carbonyl (C=O) groups is 1. The lowest BCUT2D eigenvalue weighted by Crippen LogP contribution is -2.27. The molecule has 0 unspecified atom stereocenters. The van der Waals surface area contributed by atoms with Crippen LogP contribution in [-0.2, 0) is 0 Å². The van der Waals surface area contributed by atoms with Gasteiger partial charge in [-0.05, 0) is 6.07 Å². The summed E-state index contributed by atoms with van der Waals surface area (Å²) in [5.41, 5.74) is 0.561. The molecule has 3 aromatic rings. The molecule has 0 aliphatic rings. The Balaban J connectivity index is 1.93. The van der Waals surface area contributed by atoms with Gasteiger partial charge in [0.25, 0.3) is 5.91 Å². The number of alkyl halides is 2. The van der Waals surface area contributed by atoms with Crippen LogP contribution >= 0.6 is 0 Å². The molecule has 114 valence electrons.